The monoisotopic (exact) mass is 429 g/mol. The van der Waals surface area contributed by atoms with Gasteiger partial charge < -0.3 is 15.3 Å². The van der Waals surface area contributed by atoms with Gasteiger partial charge in [-0.15, -0.1) is 24.8 Å². The number of hydrogen-bond acceptors (Lipinski definition) is 4. The van der Waals surface area contributed by atoms with Crippen LogP contribution in [0, 0.1) is 5.82 Å². The summed E-state index contributed by atoms with van der Waals surface area (Å²) >= 11 is 0. The van der Waals surface area contributed by atoms with Crippen LogP contribution in [0.3, 0.4) is 0 Å². The molecule has 28 heavy (non-hydrogen) atoms. The molecule has 0 aliphatic carbocycles. The molecule has 1 heterocycles. The Bertz CT molecular complexity index is 767. The molecule has 8 heteroatoms. The lowest BCUT2D eigenvalue weighted by molar-refractivity contribution is -0.119. The molecule has 0 atom stereocenters. The van der Waals surface area contributed by atoms with Gasteiger partial charge in [0.05, 0.1) is 5.69 Å². The van der Waals surface area contributed by atoms with Gasteiger partial charge in [-0.25, -0.2) is 4.39 Å². The van der Waals surface area contributed by atoms with Crippen molar-refractivity contribution in [1.29, 1.82) is 0 Å². The molecule has 0 radical (unpaired) electrons. The van der Waals surface area contributed by atoms with E-state index >= 15 is 0 Å². The van der Waals surface area contributed by atoms with Gasteiger partial charge >= 0.3 is 0 Å². The summed E-state index contributed by atoms with van der Waals surface area (Å²) in [5.41, 5.74) is 3.00. The Morgan fingerprint density at radius 2 is 1.64 bits per heavy atom. The minimum absolute atomic E-state index is 0. The molecule has 0 unspecified atom stereocenters. The number of anilines is 1. The van der Waals surface area contributed by atoms with Gasteiger partial charge in [0, 0.05) is 52.3 Å². The van der Waals surface area contributed by atoms with E-state index < -0.39 is 5.82 Å². The third-order valence-corrected chi connectivity index (χ3v) is 4.62. The molecule has 0 aromatic heterocycles. The molecule has 154 valence electrons. The largest absolute Gasteiger partial charge is 0.506 e. The molecule has 1 aliphatic heterocycles. The average Bonchev–Trinajstić information content (AvgIpc) is 2.62. The number of amides is 1. The topological polar surface area (TPSA) is 55.8 Å². The number of aromatic hydroxyl groups is 1. The number of carbonyl (C=O) groups excluding carboxylic acids is 1. The molecule has 0 saturated carbocycles. The summed E-state index contributed by atoms with van der Waals surface area (Å²) in [4.78, 5) is 15.4. The smallest absolute Gasteiger partial charge is 0.217 e. The van der Waals surface area contributed by atoms with E-state index in [0.717, 1.165) is 44.4 Å². The molecule has 2 aromatic carbocycles. The first-order valence-corrected chi connectivity index (χ1v) is 8.79. The second-order valence-electron chi connectivity index (χ2n) is 6.62. The maximum atomic E-state index is 13.1. The SMILES string of the molecule is CC(=O)NCc1ccc(CN2CCN(c3ccc(F)cc3O)CC2)cc1.Cl.Cl. The van der Waals surface area contributed by atoms with Crippen molar-refractivity contribution >= 4 is 36.4 Å². The first-order valence-electron chi connectivity index (χ1n) is 8.79. The van der Waals surface area contributed by atoms with Crippen LogP contribution in [-0.4, -0.2) is 42.1 Å². The molecular formula is C20H26Cl2FN3O2. The standard InChI is InChI=1S/C20H24FN3O2.2ClH/c1-15(25)22-13-16-2-4-17(5-3-16)14-23-8-10-24(11-9-23)19-7-6-18(21)12-20(19)26;;/h2-7,12,26H,8-11,13-14H2,1H3,(H,22,25);2*1H. The van der Waals surface area contributed by atoms with Crippen molar-refractivity contribution in [3.05, 3.63) is 59.4 Å². The van der Waals surface area contributed by atoms with Crippen LogP contribution in [0.4, 0.5) is 10.1 Å². The first kappa shape index (κ1) is 24.0. The van der Waals surface area contributed by atoms with Gasteiger partial charge in [-0.1, -0.05) is 24.3 Å². The quantitative estimate of drug-likeness (QED) is 0.764. The predicted octanol–water partition coefficient (Wildman–Crippen LogP) is 3.33. The molecule has 0 spiro atoms. The minimum atomic E-state index is -0.424. The van der Waals surface area contributed by atoms with E-state index in [1.807, 2.05) is 12.1 Å². The number of phenols is 1. The Morgan fingerprint density at radius 3 is 2.21 bits per heavy atom. The number of nitrogens with one attached hydrogen (secondary N) is 1. The van der Waals surface area contributed by atoms with Gasteiger partial charge in [0.1, 0.15) is 11.6 Å². The molecule has 1 amide bonds. The number of hydrogen-bond donors (Lipinski definition) is 2. The minimum Gasteiger partial charge on any atom is -0.506 e. The van der Waals surface area contributed by atoms with Crippen molar-refractivity contribution in [2.24, 2.45) is 0 Å². The van der Waals surface area contributed by atoms with Gasteiger partial charge in [0.15, 0.2) is 0 Å². The van der Waals surface area contributed by atoms with Crippen LogP contribution in [0.1, 0.15) is 18.1 Å². The second-order valence-corrected chi connectivity index (χ2v) is 6.62. The molecule has 0 bridgehead atoms. The molecule has 2 N–H and O–H groups in total. The molecule has 2 aromatic rings. The summed E-state index contributed by atoms with van der Waals surface area (Å²) in [6.07, 6.45) is 0. The number of halogens is 3. The van der Waals surface area contributed by atoms with Gasteiger partial charge in [-0.05, 0) is 23.3 Å². The Hall–Kier alpha value is -2.02. The lowest BCUT2D eigenvalue weighted by atomic mass is 10.1. The number of phenolic OH excluding ortho intramolecular Hbond substituents is 1. The van der Waals surface area contributed by atoms with Gasteiger partial charge in [-0.2, -0.15) is 0 Å². The first-order chi connectivity index (χ1) is 12.5. The zero-order valence-electron chi connectivity index (χ0n) is 15.7. The summed E-state index contributed by atoms with van der Waals surface area (Å²) in [7, 11) is 0. The van der Waals surface area contributed by atoms with Gasteiger partial charge in [-0.3, -0.25) is 9.69 Å². The summed E-state index contributed by atoms with van der Waals surface area (Å²) in [5, 5.41) is 12.7. The Morgan fingerprint density at radius 1 is 1.04 bits per heavy atom. The number of piperazine rings is 1. The van der Waals surface area contributed by atoms with E-state index in [1.54, 1.807) is 6.07 Å². The van der Waals surface area contributed by atoms with Crippen molar-refractivity contribution in [3.63, 3.8) is 0 Å². The van der Waals surface area contributed by atoms with Crippen molar-refractivity contribution in [2.45, 2.75) is 20.0 Å². The van der Waals surface area contributed by atoms with E-state index in [4.69, 9.17) is 0 Å². The molecule has 1 fully saturated rings. The number of benzene rings is 2. The predicted molar refractivity (Wildman–Crippen MR) is 114 cm³/mol. The van der Waals surface area contributed by atoms with Crippen molar-refractivity contribution in [3.8, 4) is 5.75 Å². The molecule has 3 rings (SSSR count). The summed E-state index contributed by atoms with van der Waals surface area (Å²) in [5.74, 6) is -0.459. The zero-order chi connectivity index (χ0) is 18.5. The lowest BCUT2D eigenvalue weighted by Crippen LogP contribution is -2.46. The zero-order valence-corrected chi connectivity index (χ0v) is 17.4. The third-order valence-electron chi connectivity index (χ3n) is 4.62. The van der Waals surface area contributed by atoms with Crippen LogP contribution in [0.15, 0.2) is 42.5 Å². The fourth-order valence-corrected chi connectivity index (χ4v) is 3.16. The Kier molecular flexibility index (Phi) is 9.52. The number of rotatable bonds is 5. The van der Waals surface area contributed by atoms with Crippen LogP contribution in [0.5, 0.6) is 5.75 Å². The highest BCUT2D eigenvalue weighted by Gasteiger charge is 2.19. The fraction of sp³-hybridized carbons (Fsp3) is 0.350. The van der Waals surface area contributed by atoms with Crippen molar-refractivity contribution < 1.29 is 14.3 Å². The Labute approximate surface area is 177 Å². The third kappa shape index (κ3) is 6.55. The number of carbonyl (C=O) groups is 1. The maximum absolute atomic E-state index is 13.1. The highest BCUT2D eigenvalue weighted by Crippen LogP contribution is 2.28. The van der Waals surface area contributed by atoms with Crippen LogP contribution in [-0.2, 0) is 17.9 Å². The summed E-state index contributed by atoms with van der Waals surface area (Å²) < 4.78 is 13.1. The van der Waals surface area contributed by atoms with Crippen LogP contribution >= 0.6 is 24.8 Å². The van der Waals surface area contributed by atoms with Crippen molar-refractivity contribution in [2.75, 3.05) is 31.1 Å². The Balaban J connectivity index is 0.00000196. The summed E-state index contributed by atoms with van der Waals surface area (Å²) in [6.45, 7) is 6.27. The highest BCUT2D eigenvalue weighted by molar-refractivity contribution is 5.85. The second kappa shape index (κ2) is 11.1. The van der Waals surface area contributed by atoms with E-state index in [2.05, 4.69) is 27.2 Å². The molecule has 1 saturated heterocycles. The summed E-state index contributed by atoms with van der Waals surface area (Å²) in [6, 6.07) is 12.4. The molecular weight excluding hydrogens is 404 g/mol. The maximum Gasteiger partial charge on any atom is 0.217 e. The lowest BCUT2D eigenvalue weighted by Gasteiger charge is -2.36. The van der Waals surface area contributed by atoms with Gasteiger partial charge in [0.2, 0.25) is 5.91 Å². The van der Waals surface area contributed by atoms with Crippen molar-refractivity contribution in [1.82, 2.24) is 10.2 Å². The molecule has 1 aliphatic rings. The van der Waals surface area contributed by atoms with E-state index in [9.17, 15) is 14.3 Å². The van der Waals surface area contributed by atoms with E-state index in [-0.39, 0.29) is 36.5 Å². The normalized spacial score (nSPS) is 14.0. The van der Waals surface area contributed by atoms with Crippen LogP contribution in [0.2, 0.25) is 0 Å². The van der Waals surface area contributed by atoms with E-state index in [0.29, 0.717) is 12.2 Å². The molecule has 5 nitrogen and oxygen atoms in total. The average molecular weight is 430 g/mol. The van der Waals surface area contributed by atoms with Crippen LogP contribution < -0.4 is 10.2 Å². The van der Waals surface area contributed by atoms with Gasteiger partial charge in [0.25, 0.3) is 0 Å². The van der Waals surface area contributed by atoms with Crippen LogP contribution in [0.25, 0.3) is 0 Å². The fourth-order valence-electron chi connectivity index (χ4n) is 3.16. The van der Waals surface area contributed by atoms with E-state index in [1.165, 1.54) is 18.6 Å². The highest BCUT2D eigenvalue weighted by atomic mass is 35.5. The number of nitrogens with zero attached hydrogens (tertiary/aromatic N) is 2.